The molecule has 2 unspecified atom stereocenters. The Morgan fingerprint density at radius 2 is 1.85 bits per heavy atom. The summed E-state index contributed by atoms with van der Waals surface area (Å²) in [5.74, 6) is 1.07. The maximum Gasteiger partial charge on any atom is 0.433 e. The van der Waals surface area contributed by atoms with Crippen molar-refractivity contribution < 1.29 is 19.1 Å². The average molecular weight is 656 g/mol. The minimum Gasteiger partial charge on any atom is -0.461 e. The first-order chi connectivity index (χ1) is 23.4. The van der Waals surface area contributed by atoms with Crippen LogP contribution in [-0.2, 0) is 29.0 Å². The van der Waals surface area contributed by atoms with E-state index in [1.54, 1.807) is 7.05 Å². The fourth-order valence-corrected chi connectivity index (χ4v) is 9.17. The van der Waals surface area contributed by atoms with Crippen LogP contribution in [0.2, 0.25) is 0 Å². The van der Waals surface area contributed by atoms with E-state index in [0.717, 1.165) is 87.8 Å². The number of fused-ring (bicyclic) bond motifs is 5. The second-order valence-corrected chi connectivity index (χ2v) is 14.4. The lowest BCUT2D eigenvalue weighted by Gasteiger charge is -2.38. The number of nitrogens with zero attached hydrogens (tertiary/aromatic N) is 6. The van der Waals surface area contributed by atoms with E-state index >= 15 is 0 Å². The number of hydrogen-bond acceptors (Lipinski definition) is 10. The molecule has 4 fully saturated rings. The van der Waals surface area contributed by atoms with Gasteiger partial charge < -0.3 is 24.6 Å². The molecule has 48 heavy (non-hydrogen) atoms. The number of amides is 1. The van der Waals surface area contributed by atoms with Gasteiger partial charge in [-0.3, -0.25) is 9.74 Å². The monoisotopic (exact) mass is 655 g/mol. The van der Waals surface area contributed by atoms with E-state index in [1.165, 1.54) is 47.5 Å². The Morgan fingerprint density at radius 3 is 2.65 bits per heavy atom. The number of anilines is 2. The van der Waals surface area contributed by atoms with Crippen molar-refractivity contribution in [2.45, 2.75) is 88.5 Å². The minimum absolute atomic E-state index is 0.0939. The van der Waals surface area contributed by atoms with Crippen LogP contribution in [0.1, 0.15) is 62.3 Å². The van der Waals surface area contributed by atoms with E-state index in [-0.39, 0.29) is 11.6 Å². The van der Waals surface area contributed by atoms with Crippen molar-refractivity contribution in [3.05, 3.63) is 53.2 Å². The van der Waals surface area contributed by atoms with Crippen LogP contribution in [0, 0.1) is 0 Å². The second kappa shape index (κ2) is 13.0. The van der Waals surface area contributed by atoms with Gasteiger partial charge in [0, 0.05) is 61.4 Å². The number of benzene rings is 2. The van der Waals surface area contributed by atoms with Crippen LogP contribution in [0.4, 0.5) is 16.3 Å². The number of rotatable bonds is 9. The number of ether oxygens (including phenoxy) is 2. The summed E-state index contributed by atoms with van der Waals surface area (Å²) >= 11 is 0. The molecular formula is C37H49N7O4. The molecule has 5 aliphatic heterocycles. The van der Waals surface area contributed by atoms with Gasteiger partial charge in [-0.1, -0.05) is 37.3 Å². The van der Waals surface area contributed by atoms with Crippen molar-refractivity contribution in [3.8, 4) is 6.01 Å². The molecule has 1 N–H and O–H groups in total. The number of hydroxylamine groups is 2. The minimum atomic E-state index is -0.467. The molecule has 4 saturated heterocycles. The Morgan fingerprint density at radius 1 is 1.04 bits per heavy atom. The van der Waals surface area contributed by atoms with E-state index in [9.17, 15) is 4.79 Å². The van der Waals surface area contributed by atoms with Gasteiger partial charge >= 0.3 is 12.1 Å². The first-order valence-electron chi connectivity index (χ1n) is 17.9. The van der Waals surface area contributed by atoms with Crippen molar-refractivity contribution in [2.24, 2.45) is 0 Å². The molecule has 1 amide bonds. The highest BCUT2D eigenvalue weighted by atomic mass is 16.7. The van der Waals surface area contributed by atoms with Crippen molar-refractivity contribution in [1.29, 1.82) is 0 Å². The highest BCUT2D eigenvalue weighted by Crippen LogP contribution is 2.43. The molecule has 6 heterocycles. The number of aryl methyl sites for hydroxylation is 1. The molecule has 11 heteroatoms. The summed E-state index contributed by atoms with van der Waals surface area (Å²) in [5.41, 5.74) is 4.93. The lowest BCUT2D eigenvalue weighted by Crippen LogP contribution is -2.52. The van der Waals surface area contributed by atoms with Gasteiger partial charge in [0.25, 0.3) is 0 Å². The zero-order chi connectivity index (χ0) is 32.8. The van der Waals surface area contributed by atoms with E-state index in [4.69, 9.17) is 24.3 Å². The number of piperazine rings is 1. The third kappa shape index (κ3) is 5.73. The SMILES string of the molecule is CCc1cccc2cccc(N3CCc4c(nc(OCC56CCCN5C(COC(=O)N(C)OC)CC6)nc4N4C[C@H]5CC[C@@H](C4)N5)C3)c12. The molecule has 0 spiro atoms. The molecule has 5 aliphatic rings. The largest absolute Gasteiger partial charge is 0.461 e. The normalized spacial score (nSPS) is 26.5. The Bertz CT molecular complexity index is 1650. The molecule has 0 radical (unpaired) electrons. The van der Waals surface area contributed by atoms with Gasteiger partial charge in [-0.15, -0.1) is 0 Å². The molecule has 11 nitrogen and oxygen atoms in total. The molecule has 1 aromatic heterocycles. The van der Waals surface area contributed by atoms with E-state index < -0.39 is 6.09 Å². The summed E-state index contributed by atoms with van der Waals surface area (Å²) in [6.07, 6.45) is 8.02. The molecular weight excluding hydrogens is 606 g/mol. The summed E-state index contributed by atoms with van der Waals surface area (Å²) < 4.78 is 12.3. The third-order valence-corrected chi connectivity index (χ3v) is 11.7. The van der Waals surface area contributed by atoms with Gasteiger partial charge in [-0.2, -0.15) is 15.0 Å². The summed E-state index contributed by atoms with van der Waals surface area (Å²) in [6, 6.07) is 15.0. The van der Waals surface area contributed by atoms with Crippen LogP contribution < -0.4 is 19.9 Å². The Labute approximate surface area is 283 Å². The molecule has 0 aliphatic carbocycles. The Kier molecular flexibility index (Phi) is 8.54. The summed E-state index contributed by atoms with van der Waals surface area (Å²) in [6.45, 7) is 7.72. The van der Waals surface area contributed by atoms with Crippen LogP contribution in [0.3, 0.4) is 0 Å². The van der Waals surface area contributed by atoms with Crippen LogP contribution in [0.15, 0.2) is 36.4 Å². The topological polar surface area (TPSA) is 95.5 Å². The zero-order valence-electron chi connectivity index (χ0n) is 28.6. The van der Waals surface area contributed by atoms with Gasteiger partial charge in [0.2, 0.25) is 0 Å². The number of carbonyl (C=O) groups excluding carboxylic acids is 1. The smallest absolute Gasteiger partial charge is 0.433 e. The van der Waals surface area contributed by atoms with Crippen molar-refractivity contribution >= 4 is 28.4 Å². The molecule has 2 aromatic carbocycles. The maximum absolute atomic E-state index is 12.3. The molecule has 8 rings (SSSR count). The fraction of sp³-hybridized carbons (Fsp3) is 0.595. The fourth-order valence-electron chi connectivity index (χ4n) is 9.17. The quantitative estimate of drug-likeness (QED) is 0.327. The van der Waals surface area contributed by atoms with Gasteiger partial charge in [0.05, 0.1) is 24.9 Å². The standard InChI is InChI=1S/C37H49N7O4/c1-4-25-8-5-9-26-10-6-11-32(33(25)26)42-19-15-30-31(22-42)39-35(40-34(30)43-20-27-12-13-28(21-43)38-27)48-24-37-16-7-18-44(37)29(14-17-37)23-47-36(45)41(2)46-3/h5-6,8-11,27-29,38H,4,7,12-24H2,1-3H3/t27-,28+,29?,37?. The Balaban J connectivity index is 1.06. The summed E-state index contributed by atoms with van der Waals surface area (Å²) in [7, 11) is 3.02. The number of hydrogen-bond donors (Lipinski definition) is 1. The predicted octanol–water partition coefficient (Wildman–Crippen LogP) is 4.70. The molecule has 0 saturated carbocycles. The van der Waals surface area contributed by atoms with Crippen LogP contribution in [-0.4, -0.2) is 103 Å². The van der Waals surface area contributed by atoms with Crippen molar-refractivity contribution in [2.75, 3.05) is 63.4 Å². The molecule has 256 valence electrons. The van der Waals surface area contributed by atoms with Gasteiger partial charge in [0.15, 0.2) is 0 Å². The molecule has 3 aromatic rings. The molecule has 4 atom stereocenters. The van der Waals surface area contributed by atoms with Crippen LogP contribution in [0.5, 0.6) is 6.01 Å². The number of carbonyl (C=O) groups is 1. The van der Waals surface area contributed by atoms with E-state index in [1.807, 2.05) is 0 Å². The van der Waals surface area contributed by atoms with Crippen molar-refractivity contribution in [1.82, 2.24) is 25.2 Å². The van der Waals surface area contributed by atoms with Crippen LogP contribution >= 0.6 is 0 Å². The lowest BCUT2D eigenvalue weighted by molar-refractivity contribution is -0.0934. The zero-order valence-corrected chi connectivity index (χ0v) is 28.6. The highest BCUT2D eigenvalue weighted by Gasteiger charge is 2.50. The third-order valence-electron chi connectivity index (χ3n) is 11.7. The van der Waals surface area contributed by atoms with Gasteiger partial charge in [-0.05, 0) is 74.9 Å². The summed E-state index contributed by atoms with van der Waals surface area (Å²) in [4.78, 5) is 35.1. The predicted molar refractivity (Wildman–Crippen MR) is 186 cm³/mol. The van der Waals surface area contributed by atoms with Crippen molar-refractivity contribution in [3.63, 3.8) is 0 Å². The average Bonchev–Trinajstić information content (AvgIpc) is 3.80. The number of nitrogens with one attached hydrogen (secondary N) is 1. The first-order valence-corrected chi connectivity index (χ1v) is 17.9. The van der Waals surface area contributed by atoms with Gasteiger partial charge in [0.1, 0.15) is 19.0 Å². The van der Waals surface area contributed by atoms with Crippen LogP contribution in [0.25, 0.3) is 10.8 Å². The number of aromatic nitrogens is 2. The Hall–Kier alpha value is -3.67. The van der Waals surface area contributed by atoms with E-state index in [2.05, 4.69) is 63.3 Å². The second-order valence-electron chi connectivity index (χ2n) is 14.4. The lowest BCUT2D eigenvalue weighted by atomic mass is 9.95. The molecule has 2 bridgehead atoms. The first kappa shape index (κ1) is 31.6. The maximum atomic E-state index is 12.3. The summed E-state index contributed by atoms with van der Waals surface area (Å²) in [5, 5.41) is 7.55. The van der Waals surface area contributed by atoms with Gasteiger partial charge in [-0.25, -0.2) is 4.79 Å². The highest BCUT2D eigenvalue weighted by molar-refractivity contribution is 5.97. The van der Waals surface area contributed by atoms with E-state index in [0.29, 0.717) is 31.3 Å².